The molecule has 0 fully saturated rings. The zero-order chi connectivity index (χ0) is 31.2. The van der Waals surface area contributed by atoms with Gasteiger partial charge in [0.1, 0.15) is 17.2 Å². The molecular formula is C33H27N5O6. The number of primary amides is 1. The highest BCUT2D eigenvalue weighted by molar-refractivity contribution is 6.14. The standard InChI is InChI=1S/C33H27N5O6/c1-43-27-9-5-3-7-25(27)35-32(41)20-13-16-23-21(17-20)18-24(33(42)36-26-8-4-6-10-28(26)44-2)30(39)29(23)38-37-22-14-11-19(12-15-22)31(34)40/h3-18,39H,1-2H3,(H2,34,40)(H,35,41)(H,36,42)/b38-37+. The van der Waals surface area contributed by atoms with Crippen molar-refractivity contribution in [1.29, 1.82) is 0 Å². The molecule has 5 rings (SSSR count). The molecule has 0 atom stereocenters. The van der Waals surface area contributed by atoms with E-state index in [1.165, 1.54) is 32.4 Å². The number of carbonyl (C=O) groups is 3. The molecule has 3 amide bonds. The fraction of sp³-hybridized carbons (Fsp3) is 0.0606. The minimum absolute atomic E-state index is 0.00309. The summed E-state index contributed by atoms with van der Waals surface area (Å²) in [5, 5.41) is 26.2. The Bertz CT molecular complexity index is 1920. The van der Waals surface area contributed by atoms with Crippen LogP contribution in [0.25, 0.3) is 10.8 Å². The van der Waals surface area contributed by atoms with Gasteiger partial charge in [-0.25, -0.2) is 0 Å². The van der Waals surface area contributed by atoms with Crippen LogP contribution in [0.2, 0.25) is 0 Å². The number of hydrogen-bond acceptors (Lipinski definition) is 8. The highest BCUT2D eigenvalue weighted by Crippen LogP contribution is 2.40. The van der Waals surface area contributed by atoms with E-state index in [2.05, 4.69) is 20.9 Å². The number of phenols is 1. The van der Waals surface area contributed by atoms with Crippen molar-refractivity contribution < 1.29 is 29.0 Å². The summed E-state index contributed by atoms with van der Waals surface area (Å²) in [6, 6.07) is 26.1. The molecule has 0 aliphatic heterocycles. The number of nitrogens with one attached hydrogen (secondary N) is 2. The summed E-state index contributed by atoms with van der Waals surface area (Å²) in [4.78, 5) is 38.1. The third-order valence-corrected chi connectivity index (χ3v) is 6.72. The molecule has 0 saturated carbocycles. The van der Waals surface area contributed by atoms with E-state index in [0.717, 1.165) is 0 Å². The fourth-order valence-corrected chi connectivity index (χ4v) is 4.47. The smallest absolute Gasteiger partial charge is 0.259 e. The van der Waals surface area contributed by atoms with Crippen molar-refractivity contribution in [3.05, 3.63) is 114 Å². The number of fused-ring (bicyclic) bond motifs is 1. The number of amides is 3. The van der Waals surface area contributed by atoms with Gasteiger partial charge >= 0.3 is 0 Å². The first kappa shape index (κ1) is 29.3. The van der Waals surface area contributed by atoms with Crippen LogP contribution in [-0.2, 0) is 0 Å². The van der Waals surface area contributed by atoms with Crippen LogP contribution in [0.3, 0.4) is 0 Å². The number of phenolic OH excluding ortho intramolecular Hbond substituents is 1. The van der Waals surface area contributed by atoms with E-state index >= 15 is 0 Å². The molecule has 0 aromatic heterocycles. The van der Waals surface area contributed by atoms with E-state index in [9.17, 15) is 19.5 Å². The van der Waals surface area contributed by atoms with Crippen LogP contribution in [0.5, 0.6) is 17.2 Å². The number of ether oxygens (including phenoxy) is 2. The molecule has 44 heavy (non-hydrogen) atoms. The highest BCUT2D eigenvalue weighted by Gasteiger charge is 2.21. The van der Waals surface area contributed by atoms with E-state index in [0.29, 0.717) is 44.9 Å². The van der Waals surface area contributed by atoms with Gasteiger partial charge in [-0.2, -0.15) is 5.11 Å². The van der Waals surface area contributed by atoms with Crippen LogP contribution < -0.4 is 25.8 Å². The van der Waals surface area contributed by atoms with Gasteiger partial charge in [0, 0.05) is 16.5 Å². The van der Waals surface area contributed by atoms with E-state index in [4.69, 9.17) is 15.2 Å². The molecule has 0 bridgehead atoms. The molecule has 0 heterocycles. The maximum atomic E-state index is 13.5. The minimum atomic E-state index is -0.639. The van der Waals surface area contributed by atoms with Crippen LogP contribution in [0, 0.1) is 0 Å². The Morgan fingerprint density at radius 1 is 0.705 bits per heavy atom. The lowest BCUT2D eigenvalue weighted by molar-refractivity contribution is 0.0996. The quantitative estimate of drug-likeness (QED) is 0.142. The number of benzene rings is 5. The van der Waals surface area contributed by atoms with Crippen LogP contribution in [0.15, 0.2) is 107 Å². The van der Waals surface area contributed by atoms with Crippen molar-refractivity contribution in [2.75, 3.05) is 24.9 Å². The van der Waals surface area contributed by atoms with Gasteiger partial charge in [0.2, 0.25) is 5.91 Å². The molecule has 0 radical (unpaired) electrons. The maximum absolute atomic E-state index is 13.5. The summed E-state index contributed by atoms with van der Waals surface area (Å²) < 4.78 is 10.7. The Balaban J connectivity index is 1.58. The predicted octanol–water partition coefficient (Wildman–Crippen LogP) is 6.58. The second-order valence-electron chi connectivity index (χ2n) is 9.48. The Morgan fingerprint density at radius 3 is 1.86 bits per heavy atom. The van der Waals surface area contributed by atoms with E-state index in [1.807, 2.05) is 0 Å². The number of carbonyl (C=O) groups excluding carboxylic acids is 3. The summed E-state index contributed by atoms with van der Waals surface area (Å²) in [5.41, 5.74) is 7.04. The fourth-order valence-electron chi connectivity index (χ4n) is 4.47. The van der Waals surface area contributed by atoms with Gasteiger partial charge in [-0.15, -0.1) is 5.11 Å². The molecule has 11 heteroatoms. The lowest BCUT2D eigenvalue weighted by Gasteiger charge is -2.14. The van der Waals surface area contributed by atoms with Gasteiger partial charge in [-0.1, -0.05) is 30.3 Å². The number of rotatable bonds is 9. The summed E-state index contributed by atoms with van der Waals surface area (Å²) in [6.07, 6.45) is 0. The van der Waals surface area contributed by atoms with Crippen LogP contribution in [-0.4, -0.2) is 37.0 Å². The Labute approximate surface area is 252 Å². The van der Waals surface area contributed by atoms with Gasteiger partial charge in [0.15, 0.2) is 5.75 Å². The first-order valence-electron chi connectivity index (χ1n) is 13.3. The normalized spacial score (nSPS) is 10.9. The summed E-state index contributed by atoms with van der Waals surface area (Å²) >= 11 is 0. The first-order chi connectivity index (χ1) is 21.3. The molecule has 5 aromatic rings. The summed E-state index contributed by atoms with van der Waals surface area (Å²) in [7, 11) is 2.98. The number of anilines is 2. The Hall–Kier alpha value is -6.23. The third-order valence-electron chi connectivity index (χ3n) is 6.72. The summed E-state index contributed by atoms with van der Waals surface area (Å²) in [5.74, 6) is -1.14. The maximum Gasteiger partial charge on any atom is 0.259 e. The minimum Gasteiger partial charge on any atom is -0.505 e. The topological polar surface area (TPSA) is 165 Å². The van der Waals surface area contributed by atoms with Crippen LogP contribution in [0.4, 0.5) is 22.7 Å². The van der Waals surface area contributed by atoms with Crippen molar-refractivity contribution in [1.82, 2.24) is 0 Å². The zero-order valence-corrected chi connectivity index (χ0v) is 23.7. The van der Waals surface area contributed by atoms with Crippen molar-refractivity contribution >= 4 is 51.2 Å². The third kappa shape index (κ3) is 6.16. The van der Waals surface area contributed by atoms with Crippen molar-refractivity contribution in [3.8, 4) is 17.2 Å². The molecule has 5 aromatic carbocycles. The number of nitrogens with two attached hydrogens (primary N) is 1. The molecule has 11 nitrogen and oxygen atoms in total. The van der Waals surface area contributed by atoms with Gasteiger partial charge in [0.25, 0.3) is 11.8 Å². The average molecular weight is 590 g/mol. The first-order valence-corrected chi connectivity index (χ1v) is 13.3. The lowest BCUT2D eigenvalue weighted by Crippen LogP contribution is -2.14. The monoisotopic (exact) mass is 589 g/mol. The Morgan fingerprint density at radius 2 is 1.27 bits per heavy atom. The molecule has 0 spiro atoms. The van der Waals surface area contributed by atoms with E-state index in [1.54, 1.807) is 78.9 Å². The molecule has 0 unspecified atom stereocenters. The molecule has 0 saturated heterocycles. The van der Waals surface area contributed by atoms with Gasteiger partial charge in [-0.3, -0.25) is 14.4 Å². The number of hydrogen-bond donors (Lipinski definition) is 4. The molecule has 0 aliphatic carbocycles. The lowest BCUT2D eigenvalue weighted by atomic mass is 10.00. The number of azo groups is 1. The number of methoxy groups -OCH3 is 2. The second-order valence-corrected chi connectivity index (χ2v) is 9.48. The van der Waals surface area contributed by atoms with Crippen LogP contribution >= 0.6 is 0 Å². The largest absolute Gasteiger partial charge is 0.505 e. The van der Waals surface area contributed by atoms with Crippen molar-refractivity contribution in [2.45, 2.75) is 0 Å². The zero-order valence-electron chi connectivity index (χ0n) is 23.7. The van der Waals surface area contributed by atoms with Crippen molar-refractivity contribution in [2.24, 2.45) is 16.0 Å². The summed E-state index contributed by atoms with van der Waals surface area (Å²) in [6.45, 7) is 0. The number of nitrogens with zero attached hydrogens (tertiary/aromatic N) is 2. The highest BCUT2D eigenvalue weighted by atomic mass is 16.5. The molecule has 0 aliphatic rings. The SMILES string of the molecule is COc1ccccc1NC(=O)c1ccc2c(/N=N/c3ccc(C(N)=O)cc3)c(O)c(C(=O)Nc3ccccc3OC)cc2c1. The number of aromatic hydroxyl groups is 1. The molecule has 220 valence electrons. The predicted molar refractivity (Wildman–Crippen MR) is 167 cm³/mol. The van der Waals surface area contributed by atoms with Gasteiger partial charge in [0.05, 0.1) is 36.8 Å². The van der Waals surface area contributed by atoms with Crippen LogP contribution in [0.1, 0.15) is 31.1 Å². The average Bonchev–Trinajstić information content (AvgIpc) is 3.04. The van der Waals surface area contributed by atoms with Gasteiger partial charge in [-0.05, 0) is 72.1 Å². The van der Waals surface area contributed by atoms with Crippen molar-refractivity contribution in [3.63, 3.8) is 0 Å². The second kappa shape index (κ2) is 12.7. The van der Waals surface area contributed by atoms with E-state index in [-0.39, 0.29) is 16.8 Å². The Kier molecular flexibility index (Phi) is 8.47. The molecule has 5 N–H and O–H groups in total. The van der Waals surface area contributed by atoms with E-state index < -0.39 is 23.5 Å². The van der Waals surface area contributed by atoms with Gasteiger partial charge < -0.3 is 30.9 Å². The molecular weight excluding hydrogens is 562 g/mol. The number of para-hydroxylation sites is 4.